The number of rotatable bonds is 3. The van der Waals surface area contributed by atoms with Gasteiger partial charge < -0.3 is 19.2 Å². The molecule has 2 aliphatic rings. The number of ether oxygens (including phenoxy) is 2. The van der Waals surface area contributed by atoms with Crippen LogP contribution < -0.4 is 14.8 Å². The van der Waals surface area contributed by atoms with Crippen molar-refractivity contribution in [2.24, 2.45) is 0 Å². The van der Waals surface area contributed by atoms with Crippen molar-refractivity contribution in [2.75, 3.05) is 19.5 Å². The molecule has 1 aromatic carbocycles. The molecule has 6 nitrogen and oxygen atoms in total. The second-order valence-electron chi connectivity index (χ2n) is 5.89. The Labute approximate surface area is 139 Å². The van der Waals surface area contributed by atoms with Gasteiger partial charge in [-0.2, -0.15) is 0 Å². The second kappa shape index (κ2) is 5.70. The Morgan fingerprint density at radius 1 is 1.17 bits per heavy atom. The van der Waals surface area contributed by atoms with Crippen LogP contribution in [-0.2, 0) is 17.6 Å². The van der Waals surface area contributed by atoms with Crippen LogP contribution in [-0.4, -0.2) is 25.1 Å². The summed E-state index contributed by atoms with van der Waals surface area (Å²) in [7, 11) is 3.13. The lowest BCUT2D eigenvalue weighted by Crippen LogP contribution is -2.03. The summed E-state index contributed by atoms with van der Waals surface area (Å²) in [4.78, 5) is 16.9. The van der Waals surface area contributed by atoms with Crippen LogP contribution >= 0.6 is 0 Å². The quantitative estimate of drug-likeness (QED) is 0.878. The van der Waals surface area contributed by atoms with Crippen LogP contribution in [0.3, 0.4) is 0 Å². The van der Waals surface area contributed by atoms with E-state index >= 15 is 0 Å². The maximum absolute atomic E-state index is 12.3. The fraction of sp³-hybridized carbons (Fsp3) is 0.333. The van der Waals surface area contributed by atoms with Crippen LogP contribution in [0.5, 0.6) is 11.5 Å². The molecular weight excluding hydrogens is 308 g/mol. The number of anilines is 1. The molecule has 0 radical (unpaired) electrons. The highest BCUT2D eigenvalue weighted by molar-refractivity contribution is 6.34. The number of benzene rings is 1. The molecule has 1 aromatic heterocycles. The van der Waals surface area contributed by atoms with E-state index < -0.39 is 0 Å². The average Bonchev–Trinajstić information content (AvgIpc) is 3.14. The van der Waals surface area contributed by atoms with Gasteiger partial charge in [0.1, 0.15) is 5.76 Å². The van der Waals surface area contributed by atoms with Crippen LogP contribution in [0.25, 0.3) is 11.6 Å². The van der Waals surface area contributed by atoms with Gasteiger partial charge in [-0.3, -0.25) is 4.79 Å². The first-order valence-electron chi connectivity index (χ1n) is 7.97. The molecular formula is C18H18N2O4. The molecule has 0 saturated carbocycles. The van der Waals surface area contributed by atoms with Gasteiger partial charge in [0, 0.05) is 24.1 Å². The first kappa shape index (κ1) is 14.8. The van der Waals surface area contributed by atoms with Gasteiger partial charge in [-0.1, -0.05) is 0 Å². The first-order valence-corrected chi connectivity index (χ1v) is 7.97. The number of nitrogens with zero attached hydrogens (tertiary/aromatic N) is 1. The second-order valence-corrected chi connectivity index (χ2v) is 5.89. The minimum absolute atomic E-state index is 0.184. The number of hydrogen-bond donors (Lipinski definition) is 1. The van der Waals surface area contributed by atoms with Crippen molar-refractivity contribution in [3.8, 4) is 11.5 Å². The monoisotopic (exact) mass is 326 g/mol. The lowest BCUT2D eigenvalue weighted by Gasteiger charge is -2.09. The van der Waals surface area contributed by atoms with Gasteiger partial charge in [-0.25, -0.2) is 4.98 Å². The number of fused-ring (bicyclic) bond motifs is 2. The maximum atomic E-state index is 12.3. The van der Waals surface area contributed by atoms with Gasteiger partial charge in [0.05, 0.1) is 31.2 Å². The Bertz CT molecular complexity index is 827. The Morgan fingerprint density at radius 2 is 1.92 bits per heavy atom. The van der Waals surface area contributed by atoms with Crippen LogP contribution in [0.2, 0.25) is 0 Å². The number of oxazole rings is 1. The number of aryl methyl sites for hydroxylation is 2. The van der Waals surface area contributed by atoms with Crippen molar-refractivity contribution in [3.05, 3.63) is 35.0 Å². The summed E-state index contributed by atoms with van der Waals surface area (Å²) >= 11 is 0. The van der Waals surface area contributed by atoms with Crippen molar-refractivity contribution in [2.45, 2.75) is 25.7 Å². The third-order valence-corrected chi connectivity index (χ3v) is 4.44. The Morgan fingerprint density at radius 3 is 2.67 bits per heavy atom. The van der Waals surface area contributed by atoms with E-state index in [9.17, 15) is 4.79 Å². The van der Waals surface area contributed by atoms with Crippen LogP contribution in [0, 0.1) is 0 Å². The van der Waals surface area contributed by atoms with E-state index in [4.69, 9.17) is 13.9 Å². The van der Waals surface area contributed by atoms with Gasteiger partial charge in [0.15, 0.2) is 11.5 Å². The first-order chi connectivity index (χ1) is 11.7. The molecule has 4 rings (SSSR count). The molecule has 0 fully saturated rings. The zero-order valence-corrected chi connectivity index (χ0v) is 13.6. The standard InChI is InChI=1S/C18H18N2O4/c1-22-15-7-10-11(18(21)20-13(10)9-16(15)23-2)8-17-19-12-5-3-4-6-14(12)24-17/h7-9H,3-6H2,1-2H3,(H,20,21). The molecule has 124 valence electrons. The fourth-order valence-electron chi connectivity index (χ4n) is 3.22. The topological polar surface area (TPSA) is 73.6 Å². The predicted molar refractivity (Wildman–Crippen MR) is 89.2 cm³/mol. The number of amides is 1. The molecule has 2 aromatic rings. The minimum atomic E-state index is -0.184. The number of carbonyl (C=O) groups excluding carboxylic acids is 1. The van der Waals surface area contributed by atoms with Gasteiger partial charge >= 0.3 is 0 Å². The summed E-state index contributed by atoms with van der Waals surface area (Å²) in [5, 5.41) is 2.84. The molecule has 0 bridgehead atoms. The highest BCUT2D eigenvalue weighted by Gasteiger charge is 2.27. The summed E-state index contributed by atoms with van der Waals surface area (Å²) in [6, 6.07) is 3.55. The van der Waals surface area contributed by atoms with Crippen molar-refractivity contribution in [1.82, 2.24) is 4.98 Å². The molecule has 0 atom stereocenters. The highest BCUT2D eigenvalue weighted by atomic mass is 16.5. The molecule has 6 heteroatoms. The lowest BCUT2D eigenvalue weighted by molar-refractivity contribution is -0.110. The molecule has 2 heterocycles. The molecule has 0 saturated heterocycles. The minimum Gasteiger partial charge on any atom is -0.493 e. The number of nitrogens with one attached hydrogen (secondary N) is 1. The van der Waals surface area contributed by atoms with E-state index in [1.54, 1.807) is 32.4 Å². The molecule has 1 aliphatic heterocycles. The molecule has 24 heavy (non-hydrogen) atoms. The number of aromatic nitrogens is 1. The Hall–Kier alpha value is -2.76. The van der Waals surface area contributed by atoms with Crippen molar-refractivity contribution in [1.29, 1.82) is 0 Å². The van der Waals surface area contributed by atoms with Crippen molar-refractivity contribution >= 4 is 23.2 Å². The number of carbonyl (C=O) groups is 1. The van der Waals surface area contributed by atoms with E-state index in [-0.39, 0.29) is 5.91 Å². The molecule has 0 spiro atoms. The van der Waals surface area contributed by atoms with Crippen LogP contribution in [0.1, 0.15) is 35.7 Å². The molecule has 1 N–H and O–H groups in total. The van der Waals surface area contributed by atoms with Gasteiger partial charge in [-0.05, 0) is 25.3 Å². The summed E-state index contributed by atoms with van der Waals surface area (Å²) in [5.74, 6) is 2.39. The van der Waals surface area contributed by atoms with Gasteiger partial charge in [0.2, 0.25) is 5.89 Å². The SMILES string of the molecule is COc1cc2c(cc1OC)C(=Cc1nc3c(o1)CCCC3)C(=O)N2. The van der Waals surface area contributed by atoms with E-state index in [1.165, 1.54) is 0 Å². The van der Waals surface area contributed by atoms with E-state index in [0.717, 1.165) is 42.7 Å². The zero-order chi connectivity index (χ0) is 16.7. The summed E-state index contributed by atoms with van der Waals surface area (Å²) in [6.07, 6.45) is 5.81. The molecule has 1 amide bonds. The van der Waals surface area contributed by atoms with E-state index in [0.29, 0.717) is 28.7 Å². The van der Waals surface area contributed by atoms with Gasteiger partial charge in [-0.15, -0.1) is 0 Å². The summed E-state index contributed by atoms with van der Waals surface area (Å²) in [5.41, 5.74) is 2.98. The summed E-state index contributed by atoms with van der Waals surface area (Å²) in [6.45, 7) is 0. The van der Waals surface area contributed by atoms with E-state index in [1.807, 2.05) is 0 Å². The summed E-state index contributed by atoms with van der Waals surface area (Å²) < 4.78 is 16.4. The number of methoxy groups -OCH3 is 2. The Balaban J connectivity index is 1.77. The Kier molecular flexibility index (Phi) is 3.52. The van der Waals surface area contributed by atoms with Crippen LogP contribution in [0.4, 0.5) is 5.69 Å². The van der Waals surface area contributed by atoms with Crippen molar-refractivity contribution < 1.29 is 18.7 Å². The third kappa shape index (κ3) is 2.35. The lowest BCUT2D eigenvalue weighted by atomic mass is 10.0. The smallest absolute Gasteiger partial charge is 0.256 e. The zero-order valence-electron chi connectivity index (χ0n) is 13.6. The molecule has 0 unspecified atom stereocenters. The normalized spacial score (nSPS) is 17.4. The average molecular weight is 326 g/mol. The largest absolute Gasteiger partial charge is 0.493 e. The van der Waals surface area contributed by atoms with Crippen LogP contribution in [0.15, 0.2) is 16.5 Å². The van der Waals surface area contributed by atoms with Gasteiger partial charge in [0.25, 0.3) is 5.91 Å². The molecule has 1 aliphatic carbocycles. The highest BCUT2D eigenvalue weighted by Crippen LogP contribution is 2.41. The number of hydrogen-bond acceptors (Lipinski definition) is 5. The third-order valence-electron chi connectivity index (χ3n) is 4.44. The van der Waals surface area contributed by atoms with Crippen molar-refractivity contribution in [3.63, 3.8) is 0 Å². The predicted octanol–water partition coefficient (Wildman–Crippen LogP) is 3.06. The van der Waals surface area contributed by atoms with E-state index in [2.05, 4.69) is 10.3 Å². The maximum Gasteiger partial charge on any atom is 0.256 e. The fourth-order valence-corrected chi connectivity index (χ4v) is 3.22.